The maximum atomic E-state index is 6.29. The first-order valence-electron chi connectivity index (χ1n) is 6.84. The first-order chi connectivity index (χ1) is 8.97. The molecule has 1 heterocycles. The summed E-state index contributed by atoms with van der Waals surface area (Å²) in [5.41, 5.74) is 9.59. The monoisotopic (exact) mass is 274 g/mol. The zero-order chi connectivity index (χ0) is 14.0. The van der Waals surface area contributed by atoms with E-state index in [4.69, 9.17) is 10.7 Å². The molecule has 19 heavy (non-hydrogen) atoms. The first-order valence-corrected chi connectivity index (χ1v) is 7.65. The molecule has 2 nitrogen and oxygen atoms in total. The number of benzene rings is 1. The van der Waals surface area contributed by atoms with Crippen LogP contribution >= 0.6 is 11.3 Å². The summed E-state index contributed by atoms with van der Waals surface area (Å²) in [4.78, 5) is 6.01. The van der Waals surface area contributed by atoms with Crippen LogP contribution in [0.3, 0.4) is 0 Å². The van der Waals surface area contributed by atoms with Gasteiger partial charge < -0.3 is 5.73 Å². The topological polar surface area (TPSA) is 38.9 Å². The average molecular weight is 274 g/mol. The molecule has 102 valence electrons. The van der Waals surface area contributed by atoms with E-state index in [-0.39, 0.29) is 5.54 Å². The van der Waals surface area contributed by atoms with Crippen LogP contribution < -0.4 is 5.73 Å². The Morgan fingerprint density at radius 2 is 1.84 bits per heavy atom. The smallest absolute Gasteiger partial charge is 0.113 e. The highest BCUT2D eigenvalue weighted by molar-refractivity contribution is 7.12. The van der Waals surface area contributed by atoms with Gasteiger partial charge in [-0.15, -0.1) is 11.3 Å². The van der Waals surface area contributed by atoms with E-state index in [2.05, 4.69) is 52.0 Å². The molecule has 0 amide bonds. The molecule has 2 N–H and O–H groups in total. The van der Waals surface area contributed by atoms with Gasteiger partial charge in [0.05, 0.1) is 11.2 Å². The van der Waals surface area contributed by atoms with E-state index >= 15 is 0 Å². The average Bonchev–Trinajstić information content (AvgIpc) is 2.82. The largest absolute Gasteiger partial charge is 0.320 e. The van der Waals surface area contributed by atoms with Gasteiger partial charge in [0.15, 0.2) is 0 Å². The van der Waals surface area contributed by atoms with Crippen molar-refractivity contribution in [2.45, 2.75) is 46.1 Å². The number of nitrogens with two attached hydrogens (primary N) is 1. The Kier molecular flexibility index (Phi) is 4.07. The summed E-state index contributed by atoms with van der Waals surface area (Å²) in [5, 5.41) is 1.03. The molecular formula is C16H22N2S. The Labute approximate surface area is 119 Å². The summed E-state index contributed by atoms with van der Waals surface area (Å²) >= 11 is 1.71. The molecule has 0 aliphatic rings. The second kappa shape index (κ2) is 5.43. The third-order valence-electron chi connectivity index (χ3n) is 3.66. The zero-order valence-corrected chi connectivity index (χ0v) is 13.0. The van der Waals surface area contributed by atoms with E-state index in [1.165, 1.54) is 16.0 Å². The normalized spacial score (nSPS) is 14.4. The summed E-state index contributed by atoms with van der Waals surface area (Å²) < 4.78 is 0. The van der Waals surface area contributed by atoms with Crippen molar-refractivity contribution in [3.8, 4) is 11.3 Å². The lowest BCUT2D eigenvalue weighted by atomic mass is 10.0. The minimum atomic E-state index is -0.322. The van der Waals surface area contributed by atoms with Crippen molar-refractivity contribution in [2.24, 2.45) is 5.73 Å². The first kappa shape index (κ1) is 14.2. The molecule has 1 aromatic heterocycles. The summed E-state index contributed by atoms with van der Waals surface area (Å²) in [7, 11) is 0. The molecule has 0 radical (unpaired) electrons. The third-order valence-corrected chi connectivity index (χ3v) is 4.91. The molecule has 1 atom stereocenters. The van der Waals surface area contributed by atoms with Gasteiger partial charge >= 0.3 is 0 Å². The fourth-order valence-corrected chi connectivity index (χ4v) is 3.02. The number of hydrogen-bond acceptors (Lipinski definition) is 3. The SMILES string of the molecule is CCc1ccc(-c2nc(C(C)(N)CC)sc2C)cc1. The molecule has 1 unspecified atom stereocenters. The van der Waals surface area contributed by atoms with Crippen LogP contribution in [0.4, 0.5) is 0 Å². The Balaban J connectivity index is 2.40. The van der Waals surface area contributed by atoms with E-state index in [1.54, 1.807) is 11.3 Å². The standard InChI is InChI=1S/C16H22N2S/c1-5-12-7-9-13(10-8-12)14-11(3)19-15(18-14)16(4,17)6-2/h7-10H,5-6,17H2,1-4H3. The van der Waals surface area contributed by atoms with Crippen LogP contribution in [0.25, 0.3) is 11.3 Å². The number of rotatable bonds is 4. The fraction of sp³-hybridized carbons (Fsp3) is 0.438. The van der Waals surface area contributed by atoms with E-state index in [9.17, 15) is 0 Å². The number of thiazole rings is 1. The Bertz CT molecular complexity index is 553. The minimum Gasteiger partial charge on any atom is -0.320 e. The molecule has 0 aliphatic heterocycles. The second-order valence-electron chi connectivity index (χ2n) is 5.25. The minimum absolute atomic E-state index is 0.322. The highest BCUT2D eigenvalue weighted by Crippen LogP contribution is 2.33. The van der Waals surface area contributed by atoms with Gasteiger partial charge in [0.25, 0.3) is 0 Å². The van der Waals surface area contributed by atoms with Crippen molar-refractivity contribution < 1.29 is 0 Å². The number of hydrogen-bond donors (Lipinski definition) is 1. The van der Waals surface area contributed by atoms with Crippen LogP contribution in [0.2, 0.25) is 0 Å². The lowest BCUT2D eigenvalue weighted by Crippen LogP contribution is -2.31. The number of aromatic nitrogens is 1. The van der Waals surface area contributed by atoms with E-state index < -0.39 is 0 Å². The van der Waals surface area contributed by atoms with Crippen molar-refractivity contribution in [2.75, 3.05) is 0 Å². The molecule has 0 bridgehead atoms. The summed E-state index contributed by atoms with van der Waals surface area (Å²) in [6.45, 7) is 8.44. The Hall–Kier alpha value is -1.19. The molecule has 2 rings (SSSR count). The van der Waals surface area contributed by atoms with Crippen molar-refractivity contribution in [1.29, 1.82) is 0 Å². The predicted molar refractivity (Wildman–Crippen MR) is 83.5 cm³/mol. The number of aryl methyl sites for hydroxylation is 2. The Morgan fingerprint density at radius 1 is 1.21 bits per heavy atom. The predicted octanol–water partition coefficient (Wildman–Crippen LogP) is 4.26. The maximum Gasteiger partial charge on any atom is 0.113 e. The van der Waals surface area contributed by atoms with Crippen molar-refractivity contribution in [1.82, 2.24) is 4.98 Å². The molecule has 3 heteroatoms. The lowest BCUT2D eigenvalue weighted by molar-refractivity contribution is 0.474. The molecule has 0 saturated heterocycles. The van der Waals surface area contributed by atoms with Crippen LogP contribution in [0.1, 0.15) is 42.6 Å². The Morgan fingerprint density at radius 3 is 2.37 bits per heavy atom. The molecule has 1 aromatic carbocycles. The van der Waals surface area contributed by atoms with Crippen LogP contribution in [0.5, 0.6) is 0 Å². The van der Waals surface area contributed by atoms with Crippen LogP contribution in [-0.2, 0) is 12.0 Å². The summed E-state index contributed by atoms with van der Waals surface area (Å²) in [6.07, 6.45) is 1.96. The van der Waals surface area contributed by atoms with Crippen molar-refractivity contribution in [3.05, 3.63) is 39.7 Å². The molecular weight excluding hydrogens is 252 g/mol. The van der Waals surface area contributed by atoms with Crippen molar-refractivity contribution >= 4 is 11.3 Å². The van der Waals surface area contributed by atoms with Crippen molar-refractivity contribution in [3.63, 3.8) is 0 Å². The molecule has 0 aliphatic carbocycles. The molecule has 0 fully saturated rings. The van der Waals surface area contributed by atoms with Crippen LogP contribution in [-0.4, -0.2) is 4.98 Å². The van der Waals surface area contributed by atoms with Crippen LogP contribution in [0, 0.1) is 6.92 Å². The van der Waals surface area contributed by atoms with Gasteiger partial charge in [0.1, 0.15) is 5.01 Å². The van der Waals surface area contributed by atoms with E-state index in [0.717, 1.165) is 23.5 Å². The van der Waals surface area contributed by atoms with E-state index in [1.807, 2.05) is 0 Å². The van der Waals surface area contributed by atoms with Gasteiger partial charge in [0, 0.05) is 10.4 Å². The zero-order valence-electron chi connectivity index (χ0n) is 12.2. The quantitative estimate of drug-likeness (QED) is 0.904. The highest BCUT2D eigenvalue weighted by atomic mass is 32.1. The van der Waals surface area contributed by atoms with Gasteiger partial charge in [-0.25, -0.2) is 4.98 Å². The fourth-order valence-electron chi connectivity index (χ4n) is 1.96. The van der Waals surface area contributed by atoms with E-state index in [0.29, 0.717) is 0 Å². The van der Waals surface area contributed by atoms with Crippen LogP contribution in [0.15, 0.2) is 24.3 Å². The summed E-state index contributed by atoms with van der Waals surface area (Å²) in [5.74, 6) is 0. The van der Waals surface area contributed by atoms with Gasteiger partial charge in [-0.1, -0.05) is 38.1 Å². The summed E-state index contributed by atoms with van der Waals surface area (Å²) in [6, 6.07) is 8.67. The lowest BCUT2D eigenvalue weighted by Gasteiger charge is -2.18. The molecule has 0 spiro atoms. The van der Waals surface area contributed by atoms with Gasteiger partial charge in [-0.05, 0) is 32.3 Å². The highest BCUT2D eigenvalue weighted by Gasteiger charge is 2.24. The molecule has 0 saturated carbocycles. The molecule has 2 aromatic rings. The van der Waals surface area contributed by atoms with Gasteiger partial charge in [0.2, 0.25) is 0 Å². The third kappa shape index (κ3) is 2.88. The second-order valence-corrected chi connectivity index (χ2v) is 6.45. The van der Waals surface area contributed by atoms with Gasteiger partial charge in [-0.3, -0.25) is 0 Å². The maximum absolute atomic E-state index is 6.29. The number of nitrogens with zero attached hydrogens (tertiary/aromatic N) is 1. The van der Waals surface area contributed by atoms with Gasteiger partial charge in [-0.2, -0.15) is 0 Å².